The van der Waals surface area contributed by atoms with E-state index in [0.717, 1.165) is 6.42 Å². The number of carbonyl (C=O) groups excluding carboxylic acids is 2. The quantitative estimate of drug-likeness (QED) is 0.616. The van der Waals surface area contributed by atoms with Crippen LogP contribution in [0.15, 0.2) is 0 Å². The highest BCUT2D eigenvalue weighted by molar-refractivity contribution is 5.88. The van der Waals surface area contributed by atoms with Gasteiger partial charge < -0.3 is 10.6 Å². The molecule has 0 bridgehead atoms. The van der Waals surface area contributed by atoms with Crippen molar-refractivity contribution in [3.8, 4) is 0 Å². The van der Waals surface area contributed by atoms with Crippen LogP contribution in [0.5, 0.6) is 0 Å². The number of rotatable bonds is 11. The van der Waals surface area contributed by atoms with Gasteiger partial charge in [-0.3, -0.25) is 9.59 Å². The predicted octanol–water partition coefficient (Wildman–Crippen LogP) is 2.71. The fourth-order valence-electron chi connectivity index (χ4n) is 1.91. The zero-order valence-corrected chi connectivity index (χ0v) is 14.9. The second-order valence-corrected chi connectivity index (χ2v) is 7.24. The molecule has 0 spiro atoms. The molecule has 4 nitrogen and oxygen atoms in total. The van der Waals surface area contributed by atoms with Crippen LogP contribution < -0.4 is 10.6 Å². The van der Waals surface area contributed by atoms with Crippen molar-refractivity contribution in [2.75, 3.05) is 13.1 Å². The summed E-state index contributed by atoms with van der Waals surface area (Å²) in [6.07, 6.45) is 1.82. The summed E-state index contributed by atoms with van der Waals surface area (Å²) in [7, 11) is 0. The third-order valence-electron chi connectivity index (χ3n) is 4.16. The van der Waals surface area contributed by atoms with Gasteiger partial charge in [0, 0.05) is 37.4 Å². The van der Waals surface area contributed by atoms with Gasteiger partial charge in [0.1, 0.15) is 5.78 Å². The van der Waals surface area contributed by atoms with Crippen LogP contribution in [0.3, 0.4) is 0 Å². The van der Waals surface area contributed by atoms with E-state index in [1.54, 1.807) is 0 Å². The molecule has 0 fully saturated rings. The van der Waals surface area contributed by atoms with Gasteiger partial charge in [-0.05, 0) is 20.3 Å². The minimum absolute atomic E-state index is 0.179. The van der Waals surface area contributed by atoms with Gasteiger partial charge in [-0.2, -0.15) is 0 Å². The number of ketones is 2. The Balaban J connectivity index is 4.18. The minimum atomic E-state index is -0.574. The van der Waals surface area contributed by atoms with Crippen molar-refractivity contribution in [2.24, 2.45) is 5.41 Å². The Morgan fingerprint density at radius 1 is 0.952 bits per heavy atom. The van der Waals surface area contributed by atoms with Crippen LogP contribution in [-0.4, -0.2) is 36.2 Å². The first-order valence-corrected chi connectivity index (χ1v) is 8.08. The molecule has 4 heteroatoms. The molecule has 0 aliphatic carbocycles. The molecular weight excluding hydrogens is 264 g/mol. The monoisotopic (exact) mass is 298 g/mol. The highest BCUT2D eigenvalue weighted by Gasteiger charge is 2.28. The second kappa shape index (κ2) is 8.64. The molecule has 0 aromatic carbocycles. The molecule has 0 unspecified atom stereocenters. The van der Waals surface area contributed by atoms with Crippen molar-refractivity contribution < 1.29 is 9.59 Å². The molecule has 0 radical (unpaired) electrons. The van der Waals surface area contributed by atoms with E-state index in [4.69, 9.17) is 0 Å². The number of hydrogen-bond acceptors (Lipinski definition) is 4. The van der Waals surface area contributed by atoms with Crippen LogP contribution in [0.2, 0.25) is 0 Å². The molecule has 124 valence electrons. The first-order chi connectivity index (χ1) is 9.53. The summed E-state index contributed by atoms with van der Waals surface area (Å²) in [5.74, 6) is 0.431. The Kier molecular flexibility index (Phi) is 8.34. The lowest BCUT2D eigenvalue weighted by molar-refractivity contribution is -0.128. The van der Waals surface area contributed by atoms with Crippen molar-refractivity contribution in [2.45, 2.75) is 79.3 Å². The molecule has 0 aliphatic rings. The van der Waals surface area contributed by atoms with Crippen LogP contribution in [0.1, 0.15) is 67.7 Å². The average molecular weight is 298 g/mol. The van der Waals surface area contributed by atoms with Crippen molar-refractivity contribution >= 4 is 11.6 Å². The molecule has 0 atom stereocenters. The first-order valence-electron chi connectivity index (χ1n) is 8.08. The summed E-state index contributed by atoms with van der Waals surface area (Å²) >= 11 is 0. The number of carbonyl (C=O) groups is 2. The van der Waals surface area contributed by atoms with E-state index in [-0.39, 0.29) is 17.0 Å². The van der Waals surface area contributed by atoms with Crippen LogP contribution >= 0.6 is 0 Å². The molecule has 21 heavy (non-hydrogen) atoms. The Labute approximate surface area is 130 Å². The molecule has 0 aromatic heterocycles. The molecule has 0 saturated heterocycles. The van der Waals surface area contributed by atoms with Gasteiger partial charge in [0.2, 0.25) is 0 Å². The van der Waals surface area contributed by atoms with Gasteiger partial charge in [0.15, 0.2) is 5.78 Å². The largest absolute Gasteiger partial charge is 0.314 e. The summed E-state index contributed by atoms with van der Waals surface area (Å²) in [4.78, 5) is 24.3. The fraction of sp³-hybridized carbons (Fsp3) is 0.882. The van der Waals surface area contributed by atoms with Crippen LogP contribution in [0.25, 0.3) is 0 Å². The standard InChI is InChI=1S/C17H34N2O2/c1-8-16(4,5)14(20)10-12-19-17(6,7)15(21)9-11-18-13(2)3/h13,18-19H,8-12H2,1-7H3. The van der Waals surface area contributed by atoms with Gasteiger partial charge >= 0.3 is 0 Å². The zero-order chi connectivity index (χ0) is 16.7. The second-order valence-electron chi connectivity index (χ2n) is 7.24. The Hall–Kier alpha value is -0.740. The summed E-state index contributed by atoms with van der Waals surface area (Å²) in [6, 6.07) is 0.391. The molecule has 0 saturated carbocycles. The maximum atomic E-state index is 12.2. The van der Waals surface area contributed by atoms with Gasteiger partial charge in [-0.1, -0.05) is 34.6 Å². The minimum Gasteiger partial charge on any atom is -0.314 e. The third kappa shape index (κ3) is 7.72. The fourth-order valence-corrected chi connectivity index (χ4v) is 1.91. The van der Waals surface area contributed by atoms with Crippen molar-refractivity contribution in [3.05, 3.63) is 0 Å². The molecule has 0 heterocycles. The van der Waals surface area contributed by atoms with Crippen LogP contribution in [0, 0.1) is 5.41 Å². The summed E-state index contributed by atoms with van der Waals surface area (Å²) in [5.41, 5.74) is -0.841. The average Bonchev–Trinajstić information content (AvgIpc) is 2.37. The lowest BCUT2D eigenvalue weighted by Gasteiger charge is -2.26. The van der Waals surface area contributed by atoms with Gasteiger partial charge in [-0.25, -0.2) is 0 Å². The zero-order valence-electron chi connectivity index (χ0n) is 14.9. The molecule has 0 aromatic rings. The lowest BCUT2D eigenvalue weighted by atomic mass is 9.83. The number of nitrogens with one attached hydrogen (secondary N) is 2. The van der Waals surface area contributed by atoms with E-state index in [9.17, 15) is 9.59 Å². The van der Waals surface area contributed by atoms with E-state index in [2.05, 4.69) is 24.5 Å². The maximum absolute atomic E-state index is 12.2. The topological polar surface area (TPSA) is 58.2 Å². The molecule has 0 aliphatic heterocycles. The normalized spacial score (nSPS) is 12.8. The van der Waals surface area contributed by atoms with E-state index in [1.165, 1.54) is 0 Å². The van der Waals surface area contributed by atoms with Crippen LogP contribution in [0.4, 0.5) is 0 Å². The van der Waals surface area contributed by atoms with Gasteiger partial charge in [0.05, 0.1) is 5.54 Å². The van der Waals surface area contributed by atoms with E-state index >= 15 is 0 Å². The highest BCUT2D eigenvalue weighted by Crippen LogP contribution is 2.22. The maximum Gasteiger partial charge on any atom is 0.153 e. The first kappa shape index (κ1) is 20.3. The van der Waals surface area contributed by atoms with E-state index in [0.29, 0.717) is 32.0 Å². The molecule has 2 N–H and O–H groups in total. The smallest absolute Gasteiger partial charge is 0.153 e. The highest BCUT2D eigenvalue weighted by atomic mass is 16.1. The lowest BCUT2D eigenvalue weighted by Crippen LogP contribution is -2.48. The Morgan fingerprint density at radius 2 is 1.48 bits per heavy atom. The summed E-state index contributed by atoms with van der Waals surface area (Å²) in [6.45, 7) is 15.1. The Bertz CT molecular complexity index is 347. The van der Waals surface area contributed by atoms with Crippen molar-refractivity contribution in [3.63, 3.8) is 0 Å². The number of Topliss-reactive ketones (excluding diaryl/α,β-unsaturated/α-hetero) is 2. The van der Waals surface area contributed by atoms with Crippen molar-refractivity contribution in [1.82, 2.24) is 10.6 Å². The molecule has 0 amide bonds. The predicted molar refractivity (Wildman–Crippen MR) is 88.5 cm³/mol. The molecular formula is C17H34N2O2. The third-order valence-corrected chi connectivity index (χ3v) is 4.16. The van der Waals surface area contributed by atoms with Crippen molar-refractivity contribution in [1.29, 1.82) is 0 Å². The van der Waals surface area contributed by atoms with E-state index in [1.807, 2.05) is 34.6 Å². The molecule has 0 rings (SSSR count). The Morgan fingerprint density at radius 3 is 1.95 bits per heavy atom. The summed E-state index contributed by atoms with van der Waals surface area (Å²) < 4.78 is 0. The summed E-state index contributed by atoms with van der Waals surface area (Å²) in [5, 5.41) is 6.47. The number of hydrogen-bond donors (Lipinski definition) is 2. The SMILES string of the molecule is CCC(C)(C)C(=O)CCNC(C)(C)C(=O)CCNC(C)C. The van der Waals surface area contributed by atoms with Crippen LogP contribution in [-0.2, 0) is 9.59 Å². The van der Waals surface area contributed by atoms with E-state index < -0.39 is 5.54 Å². The van der Waals surface area contributed by atoms with Gasteiger partial charge in [-0.15, -0.1) is 0 Å². The van der Waals surface area contributed by atoms with Gasteiger partial charge in [0.25, 0.3) is 0 Å².